The molecule has 0 bridgehead atoms. The van der Waals surface area contributed by atoms with Crippen LogP contribution in [0.5, 0.6) is 5.75 Å². The van der Waals surface area contributed by atoms with Crippen LogP contribution in [0.1, 0.15) is 17.2 Å². The lowest BCUT2D eigenvalue weighted by Crippen LogP contribution is -2.54. The summed E-state index contributed by atoms with van der Waals surface area (Å²) in [6.45, 7) is 1.14. The number of benzene rings is 3. The number of anilines is 1. The van der Waals surface area contributed by atoms with Crippen molar-refractivity contribution >= 4 is 11.8 Å². The summed E-state index contributed by atoms with van der Waals surface area (Å²) < 4.78 is 46.0. The fourth-order valence-corrected chi connectivity index (χ4v) is 3.68. The molecule has 1 saturated heterocycles. The number of hydrogen-bond donors (Lipinski definition) is 1. The maximum Gasteiger partial charge on any atom is 0.573 e. The molecule has 0 aliphatic carbocycles. The van der Waals surface area contributed by atoms with Crippen molar-refractivity contribution in [2.75, 3.05) is 18.4 Å². The van der Waals surface area contributed by atoms with Gasteiger partial charge < -0.3 is 9.47 Å². The van der Waals surface area contributed by atoms with E-state index in [0.717, 1.165) is 23.3 Å². The molecular weight excluding hydrogens is 421 g/mol. The van der Waals surface area contributed by atoms with Crippen molar-refractivity contribution in [2.45, 2.75) is 18.5 Å². The first-order valence-electron chi connectivity index (χ1n) is 10.0. The number of likely N-dealkylation sites (tertiary alicyclic amines) is 1. The Morgan fingerprint density at radius 2 is 1.41 bits per heavy atom. The smallest absolute Gasteiger partial charge is 0.443 e. The van der Waals surface area contributed by atoms with Crippen LogP contribution in [0.15, 0.2) is 84.9 Å². The molecule has 4 rings (SSSR count). The summed E-state index contributed by atoms with van der Waals surface area (Å²) in [6.07, 6.45) is -5.70. The van der Waals surface area contributed by atoms with Gasteiger partial charge in [-0.25, -0.2) is 4.79 Å². The molecule has 1 heterocycles. The van der Waals surface area contributed by atoms with Crippen molar-refractivity contribution in [1.82, 2.24) is 4.90 Å². The zero-order valence-corrected chi connectivity index (χ0v) is 17.0. The normalized spacial score (nSPS) is 14.6. The molecule has 5 nitrogen and oxygen atoms in total. The van der Waals surface area contributed by atoms with Crippen LogP contribution in [0.3, 0.4) is 0 Å². The van der Waals surface area contributed by atoms with Gasteiger partial charge >= 0.3 is 12.5 Å². The molecule has 0 aromatic heterocycles. The number of alkyl halides is 3. The average Bonchev–Trinajstić information content (AvgIpc) is 2.74. The summed E-state index contributed by atoms with van der Waals surface area (Å²) in [5, 5.41) is 2.52. The standard InChI is InChI=1S/C24H21F3N2O3/c25-24(26,27)32-20-13-11-19(12-14-20)28-23(30)31-21-15-29(16-21)22(17-7-3-1-4-8-17)18-9-5-2-6-10-18/h1-14,21-22H,15-16H2,(H,28,30). The first-order chi connectivity index (χ1) is 15.4. The number of amides is 1. The molecule has 3 aromatic carbocycles. The first kappa shape index (κ1) is 21.7. The van der Waals surface area contributed by atoms with E-state index in [1.54, 1.807) is 0 Å². The summed E-state index contributed by atoms with van der Waals surface area (Å²) in [5.74, 6) is -0.362. The topological polar surface area (TPSA) is 50.8 Å². The van der Waals surface area contributed by atoms with E-state index in [1.165, 1.54) is 12.1 Å². The van der Waals surface area contributed by atoms with Crippen LogP contribution < -0.4 is 10.1 Å². The van der Waals surface area contributed by atoms with Crippen LogP contribution >= 0.6 is 0 Å². The Kier molecular flexibility index (Phi) is 6.32. The minimum atomic E-state index is -4.76. The Labute approximate surface area is 183 Å². The third kappa shape index (κ3) is 5.59. The zero-order valence-electron chi connectivity index (χ0n) is 17.0. The summed E-state index contributed by atoms with van der Waals surface area (Å²) in [7, 11) is 0. The van der Waals surface area contributed by atoms with E-state index in [-0.39, 0.29) is 17.9 Å². The second-order valence-corrected chi connectivity index (χ2v) is 7.40. The number of rotatable bonds is 6. The van der Waals surface area contributed by atoms with Crippen LogP contribution in [-0.2, 0) is 4.74 Å². The Bertz CT molecular complexity index is 982. The fourth-order valence-electron chi connectivity index (χ4n) is 3.68. The molecule has 3 aromatic rings. The maximum atomic E-state index is 12.2. The average molecular weight is 442 g/mol. The third-order valence-electron chi connectivity index (χ3n) is 5.08. The number of carbonyl (C=O) groups is 1. The summed E-state index contributed by atoms with van der Waals surface area (Å²) in [4.78, 5) is 14.4. The number of nitrogens with zero attached hydrogens (tertiary/aromatic N) is 1. The Morgan fingerprint density at radius 3 is 1.91 bits per heavy atom. The third-order valence-corrected chi connectivity index (χ3v) is 5.08. The van der Waals surface area contributed by atoms with E-state index in [2.05, 4.69) is 39.2 Å². The van der Waals surface area contributed by atoms with Crippen molar-refractivity contribution in [1.29, 1.82) is 0 Å². The molecule has 0 radical (unpaired) electrons. The van der Waals surface area contributed by atoms with E-state index in [1.807, 2.05) is 36.4 Å². The van der Waals surface area contributed by atoms with Crippen molar-refractivity contribution in [3.8, 4) is 5.75 Å². The second kappa shape index (κ2) is 9.32. The van der Waals surface area contributed by atoms with Gasteiger partial charge in [0.25, 0.3) is 0 Å². The monoisotopic (exact) mass is 442 g/mol. The van der Waals surface area contributed by atoms with Gasteiger partial charge in [-0.3, -0.25) is 10.2 Å². The van der Waals surface area contributed by atoms with Gasteiger partial charge in [-0.1, -0.05) is 60.7 Å². The molecular formula is C24H21F3N2O3. The highest BCUT2D eigenvalue weighted by Crippen LogP contribution is 2.33. The second-order valence-electron chi connectivity index (χ2n) is 7.40. The molecule has 0 saturated carbocycles. The zero-order chi connectivity index (χ0) is 22.6. The Balaban J connectivity index is 1.32. The summed E-state index contributed by atoms with van der Waals surface area (Å²) >= 11 is 0. The summed E-state index contributed by atoms with van der Waals surface area (Å²) in [5.41, 5.74) is 2.62. The van der Waals surface area contributed by atoms with Crippen molar-refractivity contribution in [3.05, 3.63) is 96.1 Å². The lowest BCUT2D eigenvalue weighted by Gasteiger charge is -2.43. The summed E-state index contributed by atoms with van der Waals surface area (Å²) in [6, 6.07) is 25.2. The Morgan fingerprint density at radius 1 is 0.875 bits per heavy atom. The van der Waals surface area contributed by atoms with Crippen LogP contribution in [0, 0.1) is 0 Å². The van der Waals surface area contributed by atoms with Gasteiger partial charge in [0.05, 0.1) is 6.04 Å². The van der Waals surface area contributed by atoms with E-state index in [4.69, 9.17) is 4.74 Å². The lowest BCUT2D eigenvalue weighted by atomic mass is 9.94. The van der Waals surface area contributed by atoms with Gasteiger partial charge in [0, 0.05) is 18.8 Å². The Hall–Kier alpha value is -3.52. The molecule has 1 fully saturated rings. The maximum absolute atomic E-state index is 12.2. The molecule has 0 spiro atoms. The van der Waals surface area contributed by atoms with Crippen molar-refractivity contribution in [3.63, 3.8) is 0 Å². The first-order valence-corrected chi connectivity index (χ1v) is 10.0. The number of ether oxygens (including phenoxy) is 2. The van der Waals surface area contributed by atoms with Crippen LogP contribution in [0.25, 0.3) is 0 Å². The molecule has 1 N–H and O–H groups in total. The van der Waals surface area contributed by atoms with E-state index in [0.29, 0.717) is 18.8 Å². The van der Waals surface area contributed by atoms with E-state index >= 15 is 0 Å². The number of halogens is 3. The minimum Gasteiger partial charge on any atom is -0.443 e. The quantitative estimate of drug-likeness (QED) is 0.539. The van der Waals surface area contributed by atoms with Gasteiger partial charge in [0.15, 0.2) is 0 Å². The van der Waals surface area contributed by atoms with Gasteiger partial charge in [0.1, 0.15) is 11.9 Å². The highest BCUT2D eigenvalue weighted by molar-refractivity contribution is 5.84. The van der Waals surface area contributed by atoms with E-state index < -0.39 is 12.5 Å². The van der Waals surface area contributed by atoms with E-state index in [9.17, 15) is 18.0 Å². The van der Waals surface area contributed by atoms with Gasteiger partial charge in [-0.15, -0.1) is 13.2 Å². The van der Waals surface area contributed by atoms with Crippen LogP contribution in [-0.4, -0.2) is 36.5 Å². The molecule has 166 valence electrons. The molecule has 1 amide bonds. The van der Waals surface area contributed by atoms with Crippen LogP contribution in [0.4, 0.5) is 23.7 Å². The molecule has 8 heteroatoms. The lowest BCUT2D eigenvalue weighted by molar-refractivity contribution is -0.274. The molecule has 32 heavy (non-hydrogen) atoms. The van der Waals surface area contributed by atoms with Gasteiger partial charge in [-0.2, -0.15) is 0 Å². The fraction of sp³-hybridized carbons (Fsp3) is 0.208. The minimum absolute atomic E-state index is 0.0569. The molecule has 1 aliphatic rings. The SMILES string of the molecule is O=C(Nc1ccc(OC(F)(F)F)cc1)OC1CN(C(c2ccccc2)c2ccccc2)C1. The number of hydrogen-bond acceptors (Lipinski definition) is 4. The number of carbonyl (C=O) groups excluding carboxylic acids is 1. The van der Waals surface area contributed by atoms with Crippen molar-refractivity contribution < 1.29 is 27.4 Å². The van der Waals surface area contributed by atoms with Crippen molar-refractivity contribution in [2.24, 2.45) is 0 Å². The molecule has 0 atom stereocenters. The molecule has 1 aliphatic heterocycles. The largest absolute Gasteiger partial charge is 0.573 e. The van der Waals surface area contributed by atoms with Gasteiger partial charge in [-0.05, 0) is 35.4 Å². The van der Waals surface area contributed by atoms with Crippen LogP contribution in [0.2, 0.25) is 0 Å². The predicted octanol–water partition coefficient (Wildman–Crippen LogP) is 5.61. The molecule has 0 unspecified atom stereocenters. The highest BCUT2D eigenvalue weighted by Gasteiger charge is 2.36. The number of nitrogens with one attached hydrogen (secondary N) is 1. The predicted molar refractivity (Wildman–Crippen MR) is 113 cm³/mol. The van der Waals surface area contributed by atoms with Gasteiger partial charge in [0.2, 0.25) is 0 Å². The highest BCUT2D eigenvalue weighted by atomic mass is 19.4.